The van der Waals surface area contributed by atoms with E-state index in [4.69, 9.17) is 23.2 Å². The summed E-state index contributed by atoms with van der Waals surface area (Å²) in [5.41, 5.74) is 4.15. The average molecular weight is 320 g/mol. The molecule has 0 saturated heterocycles. The van der Waals surface area contributed by atoms with Crippen molar-refractivity contribution in [3.05, 3.63) is 69.2 Å². The van der Waals surface area contributed by atoms with E-state index in [-0.39, 0.29) is 0 Å². The summed E-state index contributed by atoms with van der Waals surface area (Å²) in [5.74, 6) is 0. The Kier molecular flexibility index (Phi) is 4.54. The molecule has 2 aromatic rings. The van der Waals surface area contributed by atoms with Crippen molar-refractivity contribution in [2.45, 2.75) is 38.3 Å². The molecule has 110 valence electrons. The Bertz CT molecular complexity index is 614. The molecule has 1 atom stereocenters. The third-order valence-corrected chi connectivity index (χ3v) is 4.98. The summed E-state index contributed by atoms with van der Waals surface area (Å²) in [6.07, 6.45) is 3.24. The fourth-order valence-corrected chi connectivity index (χ4v) is 3.45. The molecule has 0 aromatic heterocycles. The first-order valence-corrected chi connectivity index (χ1v) is 8.20. The van der Waals surface area contributed by atoms with Crippen LogP contribution in [0.3, 0.4) is 0 Å². The second kappa shape index (κ2) is 6.39. The SMILES string of the molecule is CCC(NC1Cc2ccccc2C1)c1ccc(Cl)c(Cl)c1. The largest absolute Gasteiger partial charge is 0.307 e. The van der Waals surface area contributed by atoms with Gasteiger partial charge in [-0.25, -0.2) is 0 Å². The molecule has 1 nitrogen and oxygen atoms in total. The average Bonchev–Trinajstić information content (AvgIpc) is 2.90. The van der Waals surface area contributed by atoms with Gasteiger partial charge in [-0.15, -0.1) is 0 Å². The zero-order valence-corrected chi connectivity index (χ0v) is 13.6. The second-order valence-corrected chi connectivity index (χ2v) is 6.49. The van der Waals surface area contributed by atoms with Crippen LogP contribution in [-0.4, -0.2) is 6.04 Å². The van der Waals surface area contributed by atoms with E-state index in [0.29, 0.717) is 22.1 Å². The number of benzene rings is 2. The molecule has 1 aliphatic carbocycles. The predicted octanol–water partition coefficient (Wildman–Crippen LogP) is 5.20. The first-order chi connectivity index (χ1) is 10.2. The molecular formula is C18H19Cl2N. The predicted molar refractivity (Wildman–Crippen MR) is 90.3 cm³/mol. The van der Waals surface area contributed by atoms with Gasteiger partial charge in [-0.05, 0) is 48.1 Å². The van der Waals surface area contributed by atoms with Crippen molar-refractivity contribution in [2.75, 3.05) is 0 Å². The molecule has 0 amide bonds. The molecule has 2 aromatic carbocycles. The maximum Gasteiger partial charge on any atom is 0.0595 e. The van der Waals surface area contributed by atoms with Gasteiger partial charge in [-0.1, -0.05) is 60.5 Å². The third kappa shape index (κ3) is 3.26. The van der Waals surface area contributed by atoms with E-state index in [2.05, 4.69) is 42.6 Å². The van der Waals surface area contributed by atoms with Crippen LogP contribution < -0.4 is 5.32 Å². The van der Waals surface area contributed by atoms with Gasteiger partial charge in [0.05, 0.1) is 10.0 Å². The number of hydrogen-bond donors (Lipinski definition) is 1. The maximum absolute atomic E-state index is 6.14. The van der Waals surface area contributed by atoms with Crippen LogP contribution in [-0.2, 0) is 12.8 Å². The smallest absolute Gasteiger partial charge is 0.0595 e. The van der Waals surface area contributed by atoms with Crippen LogP contribution in [0.15, 0.2) is 42.5 Å². The number of hydrogen-bond acceptors (Lipinski definition) is 1. The van der Waals surface area contributed by atoms with E-state index < -0.39 is 0 Å². The number of fused-ring (bicyclic) bond motifs is 1. The van der Waals surface area contributed by atoms with Gasteiger partial charge in [0, 0.05) is 12.1 Å². The third-order valence-electron chi connectivity index (χ3n) is 4.24. The van der Waals surface area contributed by atoms with Gasteiger partial charge in [0.15, 0.2) is 0 Å². The summed E-state index contributed by atoms with van der Waals surface area (Å²) in [6.45, 7) is 2.20. The van der Waals surface area contributed by atoms with Crippen LogP contribution in [0.25, 0.3) is 0 Å². The highest BCUT2D eigenvalue weighted by molar-refractivity contribution is 6.42. The van der Waals surface area contributed by atoms with Gasteiger partial charge in [0.1, 0.15) is 0 Å². The minimum Gasteiger partial charge on any atom is -0.307 e. The minimum absolute atomic E-state index is 0.319. The first-order valence-electron chi connectivity index (χ1n) is 7.45. The van der Waals surface area contributed by atoms with Crippen molar-refractivity contribution in [1.82, 2.24) is 5.32 Å². The molecule has 0 heterocycles. The summed E-state index contributed by atoms with van der Waals surface area (Å²) in [6, 6.07) is 15.5. The normalized spacial score (nSPS) is 16.0. The Morgan fingerprint density at radius 2 is 1.71 bits per heavy atom. The second-order valence-electron chi connectivity index (χ2n) is 5.67. The summed E-state index contributed by atoms with van der Waals surface area (Å²) >= 11 is 12.2. The molecular weight excluding hydrogens is 301 g/mol. The standard InChI is InChI=1S/C18H19Cl2N/c1-2-18(14-7-8-16(19)17(20)11-14)21-15-9-12-5-3-4-6-13(12)10-15/h3-8,11,15,18,21H,2,9-10H2,1H3. The van der Waals surface area contributed by atoms with Crippen molar-refractivity contribution in [3.63, 3.8) is 0 Å². The van der Waals surface area contributed by atoms with E-state index in [1.165, 1.54) is 16.7 Å². The lowest BCUT2D eigenvalue weighted by atomic mass is 10.0. The molecule has 0 radical (unpaired) electrons. The Morgan fingerprint density at radius 3 is 2.29 bits per heavy atom. The number of nitrogens with one attached hydrogen (secondary N) is 1. The molecule has 0 saturated carbocycles. The van der Waals surface area contributed by atoms with Gasteiger partial charge in [0.2, 0.25) is 0 Å². The van der Waals surface area contributed by atoms with Crippen molar-refractivity contribution in [3.8, 4) is 0 Å². The Hall–Kier alpha value is -1.02. The van der Waals surface area contributed by atoms with E-state index in [0.717, 1.165) is 19.3 Å². The van der Waals surface area contributed by atoms with Crippen LogP contribution in [0.4, 0.5) is 0 Å². The van der Waals surface area contributed by atoms with Crippen molar-refractivity contribution >= 4 is 23.2 Å². The summed E-state index contributed by atoms with van der Waals surface area (Å²) < 4.78 is 0. The topological polar surface area (TPSA) is 12.0 Å². The number of halogens is 2. The van der Waals surface area contributed by atoms with E-state index in [1.807, 2.05) is 12.1 Å². The molecule has 0 aliphatic heterocycles. The summed E-state index contributed by atoms with van der Waals surface area (Å²) in [4.78, 5) is 0. The van der Waals surface area contributed by atoms with Gasteiger partial charge in [-0.2, -0.15) is 0 Å². The molecule has 21 heavy (non-hydrogen) atoms. The zero-order chi connectivity index (χ0) is 14.8. The fourth-order valence-electron chi connectivity index (χ4n) is 3.14. The van der Waals surface area contributed by atoms with Crippen LogP contribution in [0.5, 0.6) is 0 Å². The summed E-state index contributed by atoms with van der Waals surface area (Å²) in [7, 11) is 0. The zero-order valence-electron chi connectivity index (χ0n) is 12.1. The Balaban J connectivity index is 1.72. The highest BCUT2D eigenvalue weighted by Gasteiger charge is 2.23. The lowest BCUT2D eigenvalue weighted by Crippen LogP contribution is -2.33. The molecule has 3 rings (SSSR count). The van der Waals surface area contributed by atoms with Crippen LogP contribution in [0.1, 0.15) is 36.1 Å². The highest BCUT2D eigenvalue weighted by Crippen LogP contribution is 2.29. The lowest BCUT2D eigenvalue weighted by molar-refractivity contribution is 0.435. The van der Waals surface area contributed by atoms with Gasteiger partial charge >= 0.3 is 0 Å². The van der Waals surface area contributed by atoms with Gasteiger partial charge in [-0.3, -0.25) is 0 Å². The van der Waals surface area contributed by atoms with Crippen molar-refractivity contribution in [1.29, 1.82) is 0 Å². The molecule has 0 fully saturated rings. The molecule has 3 heteroatoms. The van der Waals surface area contributed by atoms with Crippen molar-refractivity contribution < 1.29 is 0 Å². The monoisotopic (exact) mass is 319 g/mol. The molecule has 1 N–H and O–H groups in total. The van der Waals surface area contributed by atoms with Crippen molar-refractivity contribution in [2.24, 2.45) is 0 Å². The van der Waals surface area contributed by atoms with E-state index in [9.17, 15) is 0 Å². The minimum atomic E-state index is 0.319. The highest BCUT2D eigenvalue weighted by atomic mass is 35.5. The quantitative estimate of drug-likeness (QED) is 0.816. The maximum atomic E-state index is 6.14. The Morgan fingerprint density at radius 1 is 1.05 bits per heavy atom. The van der Waals surface area contributed by atoms with E-state index >= 15 is 0 Å². The van der Waals surface area contributed by atoms with Gasteiger partial charge < -0.3 is 5.32 Å². The first kappa shape index (κ1) is 14.9. The fraction of sp³-hybridized carbons (Fsp3) is 0.333. The lowest BCUT2D eigenvalue weighted by Gasteiger charge is -2.22. The summed E-state index contributed by atoms with van der Waals surface area (Å²) in [5, 5.41) is 5.02. The molecule has 1 aliphatic rings. The van der Waals surface area contributed by atoms with E-state index in [1.54, 1.807) is 0 Å². The van der Waals surface area contributed by atoms with Crippen LogP contribution in [0.2, 0.25) is 10.0 Å². The molecule has 1 unspecified atom stereocenters. The Labute approximate surface area is 136 Å². The van der Waals surface area contributed by atoms with Crippen LogP contribution >= 0.6 is 23.2 Å². The van der Waals surface area contributed by atoms with Crippen LogP contribution in [0, 0.1) is 0 Å². The van der Waals surface area contributed by atoms with Gasteiger partial charge in [0.25, 0.3) is 0 Å². The molecule has 0 bridgehead atoms. The number of rotatable bonds is 4. The molecule has 0 spiro atoms.